The monoisotopic (exact) mass is 257 g/mol. The lowest BCUT2D eigenvalue weighted by atomic mass is 9.99. The fourth-order valence-corrected chi connectivity index (χ4v) is 2.07. The summed E-state index contributed by atoms with van der Waals surface area (Å²) in [5.41, 5.74) is 1.33. The molecule has 0 aliphatic rings. The van der Waals surface area contributed by atoms with Crippen LogP contribution in [-0.2, 0) is 0 Å². The number of rotatable bonds is 2. The van der Waals surface area contributed by atoms with Crippen LogP contribution in [0.4, 0.5) is 0 Å². The van der Waals surface area contributed by atoms with E-state index < -0.39 is 5.97 Å². The number of carboxylic acids is 1. The highest BCUT2D eigenvalue weighted by Crippen LogP contribution is 2.32. The molecule has 0 atom stereocenters. The first-order valence-electron chi connectivity index (χ1n) is 5.16. The predicted octanol–water partition coefficient (Wildman–Crippen LogP) is 3.58. The largest absolute Gasteiger partial charge is 0.478 e. The van der Waals surface area contributed by atoms with Crippen molar-refractivity contribution < 1.29 is 9.90 Å². The molecule has 4 heteroatoms. The zero-order chi connectivity index (χ0) is 13.1. The first-order valence-corrected chi connectivity index (χ1v) is 5.54. The van der Waals surface area contributed by atoms with E-state index in [0.29, 0.717) is 5.56 Å². The number of carbonyl (C=O) groups is 1. The molecule has 2 rings (SSSR count). The number of carboxylic acid groups (broad SMARTS) is 1. The molecule has 18 heavy (non-hydrogen) atoms. The summed E-state index contributed by atoms with van der Waals surface area (Å²) in [5.74, 6) is -1.20. The minimum absolute atomic E-state index is 0.0622. The summed E-state index contributed by atoms with van der Waals surface area (Å²) in [6.07, 6.45) is 0. The molecule has 0 amide bonds. The van der Waals surface area contributed by atoms with E-state index in [1.807, 2.05) is 36.4 Å². The van der Waals surface area contributed by atoms with Crippen LogP contribution < -0.4 is 0 Å². The molecule has 0 saturated heterocycles. The molecule has 2 aromatic carbocycles. The number of benzene rings is 2. The molecule has 0 spiro atoms. The second kappa shape index (κ2) is 4.91. The maximum absolute atomic E-state index is 11.1. The van der Waals surface area contributed by atoms with Gasteiger partial charge in [0.2, 0.25) is 0 Å². The predicted molar refractivity (Wildman–Crippen MR) is 68.6 cm³/mol. The van der Waals surface area contributed by atoms with Crippen LogP contribution in [0.1, 0.15) is 15.9 Å². The van der Waals surface area contributed by atoms with Gasteiger partial charge in [-0.05, 0) is 11.6 Å². The van der Waals surface area contributed by atoms with E-state index >= 15 is 0 Å². The van der Waals surface area contributed by atoms with E-state index in [0.717, 1.165) is 5.56 Å². The molecule has 2 aromatic rings. The van der Waals surface area contributed by atoms with Crippen LogP contribution in [0.2, 0.25) is 5.02 Å². The summed E-state index contributed by atoms with van der Waals surface area (Å²) in [7, 11) is 0. The highest BCUT2D eigenvalue weighted by Gasteiger charge is 2.18. The lowest BCUT2D eigenvalue weighted by Crippen LogP contribution is -2.02. The van der Waals surface area contributed by atoms with Crippen molar-refractivity contribution in [3.05, 3.63) is 58.6 Å². The van der Waals surface area contributed by atoms with Gasteiger partial charge in [-0.3, -0.25) is 0 Å². The zero-order valence-electron chi connectivity index (χ0n) is 9.22. The normalized spacial score (nSPS) is 9.78. The van der Waals surface area contributed by atoms with Gasteiger partial charge in [-0.25, -0.2) is 4.79 Å². The van der Waals surface area contributed by atoms with Crippen LogP contribution in [0.5, 0.6) is 0 Å². The van der Waals surface area contributed by atoms with Crippen LogP contribution in [0.15, 0.2) is 42.5 Å². The standard InChI is InChI=1S/C14H8ClNO2/c15-13-11(9-4-2-1-3-5-9)7-6-10(8-16)12(13)14(17)18/h1-7H,(H,17,18). The first-order chi connectivity index (χ1) is 8.65. The second-order valence-corrected chi connectivity index (χ2v) is 4.01. The Hall–Kier alpha value is -2.31. The molecular weight excluding hydrogens is 250 g/mol. The van der Waals surface area contributed by atoms with Crippen molar-refractivity contribution in [2.75, 3.05) is 0 Å². The van der Waals surface area contributed by atoms with Gasteiger partial charge in [0, 0.05) is 5.56 Å². The Kier molecular flexibility index (Phi) is 3.31. The van der Waals surface area contributed by atoms with Gasteiger partial charge in [0.15, 0.2) is 0 Å². The molecule has 0 fully saturated rings. The summed E-state index contributed by atoms with van der Waals surface area (Å²) in [5, 5.41) is 18.1. The van der Waals surface area contributed by atoms with E-state index in [4.69, 9.17) is 22.0 Å². The van der Waals surface area contributed by atoms with E-state index in [1.165, 1.54) is 6.07 Å². The molecular formula is C14H8ClNO2. The van der Waals surface area contributed by atoms with Crippen molar-refractivity contribution >= 4 is 17.6 Å². The Bertz CT molecular complexity index is 645. The number of halogens is 1. The van der Waals surface area contributed by atoms with Crippen molar-refractivity contribution in [2.24, 2.45) is 0 Å². The molecule has 0 radical (unpaired) electrons. The SMILES string of the molecule is N#Cc1ccc(-c2ccccc2)c(Cl)c1C(=O)O. The lowest BCUT2D eigenvalue weighted by Gasteiger charge is -2.08. The number of hydrogen-bond acceptors (Lipinski definition) is 2. The maximum Gasteiger partial charge on any atom is 0.338 e. The molecule has 0 aliphatic heterocycles. The zero-order valence-corrected chi connectivity index (χ0v) is 9.98. The van der Waals surface area contributed by atoms with Crippen molar-refractivity contribution in [3.8, 4) is 17.2 Å². The van der Waals surface area contributed by atoms with Crippen molar-refractivity contribution in [1.82, 2.24) is 0 Å². The highest BCUT2D eigenvalue weighted by atomic mass is 35.5. The Morgan fingerprint density at radius 2 is 1.83 bits per heavy atom. The van der Waals surface area contributed by atoms with E-state index in [2.05, 4.69) is 0 Å². The average Bonchev–Trinajstić information content (AvgIpc) is 2.38. The van der Waals surface area contributed by atoms with Gasteiger partial charge in [-0.1, -0.05) is 48.0 Å². The van der Waals surface area contributed by atoms with Crippen molar-refractivity contribution in [2.45, 2.75) is 0 Å². The summed E-state index contributed by atoms with van der Waals surface area (Å²) in [6.45, 7) is 0. The molecule has 88 valence electrons. The summed E-state index contributed by atoms with van der Waals surface area (Å²) >= 11 is 6.09. The van der Waals surface area contributed by atoms with Gasteiger partial charge in [0.25, 0.3) is 0 Å². The van der Waals surface area contributed by atoms with Gasteiger partial charge in [0.1, 0.15) is 6.07 Å². The third-order valence-corrected chi connectivity index (χ3v) is 2.95. The van der Waals surface area contributed by atoms with E-state index in [9.17, 15) is 4.79 Å². The summed E-state index contributed by atoms with van der Waals surface area (Å²) in [4.78, 5) is 11.1. The Labute approximate surface area is 109 Å². The minimum Gasteiger partial charge on any atom is -0.478 e. The number of nitrogens with zero attached hydrogens (tertiary/aromatic N) is 1. The molecule has 3 nitrogen and oxygen atoms in total. The van der Waals surface area contributed by atoms with Crippen molar-refractivity contribution in [1.29, 1.82) is 5.26 Å². The molecule has 0 saturated carbocycles. The fourth-order valence-electron chi connectivity index (χ4n) is 1.72. The third kappa shape index (κ3) is 2.06. The Morgan fingerprint density at radius 1 is 1.17 bits per heavy atom. The topological polar surface area (TPSA) is 61.1 Å². The van der Waals surface area contributed by atoms with E-state index in [1.54, 1.807) is 6.07 Å². The summed E-state index contributed by atoms with van der Waals surface area (Å²) in [6, 6.07) is 14.2. The molecule has 1 N–H and O–H groups in total. The van der Waals surface area contributed by atoms with Gasteiger partial charge in [-0.15, -0.1) is 0 Å². The third-order valence-electron chi connectivity index (χ3n) is 2.56. The van der Waals surface area contributed by atoms with Gasteiger partial charge in [0.05, 0.1) is 16.1 Å². The number of aromatic carboxylic acids is 1. The van der Waals surface area contributed by atoms with Crippen LogP contribution in [0.25, 0.3) is 11.1 Å². The van der Waals surface area contributed by atoms with Crippen LogP contribution >= 0.6 is 11.6 Å². The fraction of sp³-hybridized carbons (Fsp3) is 0. The minimum atomic E-state index is -1.20. The van der Waals surface area contributed by atoms with Gasteiger partial charge < -0.3 is 5.11 Å². The van der Waals surface area contributed by atoms with E-state index in [-0.39, 0.29) is 16.1 Å². The Morgan fingerprint density at radius 3 is 2.39 bits per heavy atom. The van der Waals surface area contributed by atoms with Crippen molar-refractivity contribution in [3.63, 3.8) is 0 Å². The average molecular weight is 258 g/mol. The van der Waals surface area contributed by atoms with Gasteiger partial charge in [-0.2, -0.15) is 5.26 Å². The quantitative estimate of drug-likeness (QED) is 0.894. The highest BCUT2D eigenvalue weighted by molar-refractivity contribution is 6.36. The van der Waals surface area contributed by atoms with Gasteiger partial charge >= 0.3 is 5.97 Å². The Balaban J connectivity index is 2.70. The number of nitriles is 1. The molecule has 0 heterocycles. The molecule has 0 aliphatic carbocycles. The van der Waals surface area contributed by atoms with Crippen LogP contribution in [0.3, 0.4) is 0 Å². The lowest BCUT2D eigenvalue weighted by molar-refractivity contribution is 0.0697. The number of hydrogen-bond donors (Lipinski definition) is 1. The summed E-state index contributed by atoms with van der Waals surface area (Å²) < 4.78 is 0. The smallest absolute Gasteiger partial charge is 0.338 e. The van der Waals surface area contributed by atoms with Crippen LogP contribution in [-0.4, -0.2) is 11.1 Å². The molecule has 0 aromatic heterocycles. The molecule has 0 bridgehead atoms. The second-order valence-electron chi connectivity index (χ2n) is 3.63. The van der Waals surface area contributed by atoms with Crippen LogP contribution in [0, 0.1) is 11.3 Å². The first kappa shape index (κ1) is 12.2. The molecule has 0 unspecified atom stereocenters. The maximum atomic E-state index is 11.1.